The highest BCUT2D eigenvalue weighted by atomic mass is 16.4. The third-order valence-corrected chi connectivity index (χ3v) is 9.01. The average Bonchev–Trinajstić information content (AvgIpc) is 3.11. The normalized spacial score (nSPS) is 27.6. The predicted octanol–water partition coefficient (Wildman–Crippen LogP) is 6.77. The van der Waals surface area contributed by atoms with Crippen molar-refractivity contribution < 1.29 is 14.7 Å². The molecule has 1 aromatic carbocycles. The Morgan fingerprint density at radius 1 is 1.11 bits per heavy atom. The minimum atomic E-state index is -0.927. The van der Waals surface area contributed by atoms with Gasteiger partial charge >= 0.3 is 5.97 Å². The summed E-state index contributed by atoms with van der Waals surface area (Å²) in [6.07, 6.45) is 8.04. The van der Waals surface area contributed by atoms with Crippen LogP contribution in [0, 0.1) is 23.2 Å². The maximum Gasteiger partial charge on any atom is 0.335 e. The number of aromatic carboxylic acids is 1. The monoisotopic (exact) mass is 509 g/mol. The number of rotatable bonds is 6. The Bertz CT molecular complexity index is 1000. The zero-order chi connectivity index (χ0) is 27.0. The molecule has 1 saturated carbocycles. The fraction of sp³-hybridized carbons (Fsp3) is 0.710. The molecule has 1 aromatic rings. The first-order valence-corrected chi connectivity index (χ1v) is 14.4. The lowest BCUT2D eigenvalue weighted by Gasteiger charge is -2.47. The summed E-state index contributed by atoms with van der Waals surface area (Å²) < 4.78 is 0. The van der Waals surface area contributed by atoms with E-state index >= 15 is 0 Å². The lowest BCUT2D eigenvalue weighted by molar-refractivity contribution is -0.134. The van der Waals surface area contributed by atoms with Crippen LogP contribution in [0.15, 0.2) is 29.3 Å². The predicted molar refractivity (Wildman–Crippen MR) is 149 cm³/mol. The second-order valence-electron chi connectivity index (χ2n) is 13.3. The van der Waals surface area contributed by atoms with Gasteiger partial charge in [0.05, 0.1) is 11.6 Å². The van der Waals surface area contributed by atoms with E-state index < -0.39 is 11.6 Å². The van der Waals surface area contributed by atoms with Crippen molar-refractivity contribution in [2.24, 2.45) is 28.2 Å². The van der Waals surface area contributed by atoms with Crippen molar-refractivity contribution in [1.82, 2.24) is 9.80 Å². The Labute approximate surface area is 223 Å². The van der Waals surface area contributed by atoms with Gasteiger partial charge in [0.2, 0.25) is 0 Å². The number of carbonyl (C=O) groups excluding carboxylic acids is 1. The van der Waals surface area contributed by atoms with Gasteiger partial charge in [0.25, 0.3) is 5.91 Å². The highest BCUT2D eigenvalue weighted by molar-refractivity contribution is 6.39. The second-order valence-corrected chi connectivity index (χ2v) is 13.3. The molecule has 2 aliphatic heterocycles. The summed E-state index contributed by atoms with van der Waals surface area (Å²) in [5, 5.41) is 9.45. The number of carboxylic acids is 1. The van der Waals surface area contributed by atoms with E-state index in [1.165, 1.54) is 6.42 Å². The second kappa shape index (κ2) is 10.8. The molecule has 3 aliphatic rings. The third-order valence-electron chi connectivity index (χ3n) is 9.01. The van der Waals surface area contributed by atoms with Crippen molar-refractivity contribution >= 4 is 17.7 Å². The quantitative estimate of drug-likeness (QED) is 0.459. The summed E-state index contributed by atoms with van der Waals surface area (Å²) in [5.74, 6) is 1.50. The van der Waals surface area contributed by atoms with Crippen LogP contribution in [-0.2, 0) is 4.79 Å². The number of carbonyl (C=O) groups is 2. The summed E-state index contributed by atoms with van der Waals surface area (Å²) in [7, 11) is 0. The van der Waals surface area contributed by atoms with Crippen LogP contribution >= 0.6 is 0 Å². The number of nitrogens with zero attached hydrogens (tertiary/aromatic N) is 3. The smallest absolute Gasteiger partial charge is 0.335 e. The number of benzene rings is 1. The Hall–Kier alpha value is -2.37. The molecule has 1 N–H and O–H groups in total. The van der Waals surface area contributed by atoms with Crippen LogP contribution in [0.5, 0.6) is 0 Å². The molecule has 0 bridgehead atoms. The van der Waals surface area contributed by atoms with E-state index in [9.17, 15) is 14.7 Å². The summed E-state index contributed by atoms with van der Waals surface area (Å²) >= 11 is 0. The van der Waals surface area contributed by atoms with E-state index in [2.05, 4.69) is 51.3 Å². The molecule has 4 rings (SSSR count). The summed E-state index contributed by atoms with van der Waals surface area (Å²) in [4.78, 5) is 35.6. The highest BCUT2D eigenvalue weighted by Crippen LogP contribution is 2.50. The fourth-order valence-electron chi connectivity index (χ4n) is 6.70. The van der Waals surface area contributed by atoms with Crippen LogP contribution in [0.1, 0.15) is 115 Å². The van der Waals surface area contributed by atoms with Crippen LogP contribution < -0.4 is 0 Å². The van der Waals surface area contributed by atoms with E-state index in [1.807, 2.05) is 12.1 Å². The van der Waals surface area contributed by atoms with Crippen molar-refractivity contribution in [3.63, 3.8) is 0 Å². The van der Waals surface area contributed by atoms with Crippen LogP contribution in [-0.4, -0.2) is 51.4 Å². The topological polar surface area (TPSA) is 73.2 Å². The van der Waals surface area contributed by atoms with Crippen LogP contribution in [0.25, 0.3) is 0 Å². The minimum Gasteiger partial charge on any atom is -0.478 e. The first-order valence-electron chi connectivity index (χ1n) is 14.4. The zero-order valence-electron chi connectivity index (χ0n) is 23.8. The molecule has 6 heteroatoms. The zero-order valence-corrected chi connectivity index (χ0v) is 23.8. The van der Waals surface area contributed by atoms with E-state index in [1.54, 1.807) is 12.1 Å². The molecule has 1 aliphatic carbocycles. The minimum absolute atomic E-state index is 0.0689. The van der Waals surface area contributed by atoms with Gasteiger partial charge in [0.15, 0.2) is 5.84 Å². The van der Waals surface area contributed by atoms with Gasteiger partial charge in [0, 0.05) is 13.1 Å². The maximum absolute atomic E-state index is 14.4. The molecule has 1 unspecified atom stereocenters. The van der Waals surface area contributed by atoms with Crippen molar-refractivity contribution in [3.8, 4) is 0 Å². The first-order chi connectivity index (χ1) is 17.4. The van der Waals surface area contributed by atoms with Gasteiger partial charge in [-0.15, -0.1) is 0 Å². The van der Waals surface area contributed by atoms with Crippen molar-refractivity contribution in [2.75, 3.05) is 13.1 Å². The Kier molecular flexibility index (Phi) is 8.06. The molecule has 0 aromatic heterocycles. The molecule has 1 amide bonds. The molecule has 2 atom stereocenters. The Morgan fingerprint density at radius 3 is 2.30 bits per heavy atom. The number of amides is 1. The fourth-order valence-corrected chi connectivity index (χ4v) is 6.70. The standard InChI is InChI=1S/C31H47N3O3/c1-21(2)9-14-26(23-10-12-24(13-11-23)29(36)37)34-28(35)27(33-19-7-8-22(3)20-33)32-31(34)17-15-25(16-18-31)30(4,5)6/h10-13,21-22,25-26H,7-9,14-20H2,1-6H3,(H,36,37)/t22?,25?,26-,31?/m1/s1. The molecular formula is C31H47N3O3. The number of hydrogen-bond acceptors (Lipinski definition) is 4. The first kappa shape index (κ1) is 27.7. The van der Waals surface area contributed by atoms with E-state index in [0.717, 1.165) is 63.6 Å². The lowest BCUT2D eigenvalue weighted by Crippen LogP contribution is -2.52. The van der Waals surface area contributed by atoms with Crippen molar-refractivity contribution in [1.29, 1.82) is 0 Å². The average molecular weight is 510 g/mol. The highest BCUT2D eigenvalue weighted by Gasteiger charge is 2.53. The van der Waals surface area contributed by atoms with Gasteiger partial charge < -0.3 is 14.9 Å². The van der Waals surface area contributed by atoms with Gasteiger partial charge in [-0.05, 0) is 92.2 Å². The SMILES string of the molecule is CC(C)CC[C@H](c1ccc(C(=O)O)cc1)N1C(=O)C(N2CCCC(C)C2)=NC12CCC(C(C)(C)C)CC2. The van der Waals surface area contributed by atoms with Gasteiger partial charge in [-0.3, -0.25) is 4.79 Å². The molecule has 6 nitrogen and oxygen atoms in total. The molecular weight excluding hydrogens is 462 g/mol. The Balaban J connectivity index is 1.73. The van der Waals surface area contributed by atoms with Crippen LogP contribution in [0.3, 0.4) is 0 Å². The van der Waals surface area contributed by atoms with Crippen LogP contribution in [0.2, 0.25) is 0 Å². The van der Waals surface area contributed by atoms with E-state index in [-0.39, 0.29) is 22.9 Å². The largest absolute Gasteiger partial charge is 0.478 e. The summed E-state index contributed by atoms with van der Waals surface area (Å²) in [6, 6.07) is 7.07. The van der Waals surface area contributed by atoms with Crippen molar-refractivity contribution in [3.05, 3.63) is 35.4 Å². The van der Waals surface area contributed by atoms with Crippen LogP contribution in [0.4, 0.5) is 0 Å². The number of likely N-dealkylation sites (tertiary alicyclic amines) is 1. The van der Waals surface area contributed by atoms with Gasteiger partial charge in [0.1, 0.15) is 5.66 Å². The maximum atomic E-state index is 14.4. The number of piperidine rings is 1. The van der Waals surface area contributed by atoms with Gasteiger partial charge in [-0.1, -0.05) is 53.7 Å². The molecule has 37 heavy (non-hydrogen) atoms. The number of carboxylic acid groups (broad SMARTS) is 1. The lowest BCUT2D eigenvalue weighted by atomic mass is 9.69. The van der Waals surface area contributed by atoms with E-state index in [4.69, 9.17) is 4.99 Å². The third kappa shape index (κ3) is 5.88. The summed E-state index contributed by atoms with van der Waals surface area (Å²) in [5.41, 5.74) is 1.02. The summed E-state index contributed by atoms with van der Waals surface area (Å²) in [6.45, 7) is 15.5. The molecule has 1 spiro atoms. The molecule has 2 heterocycles. The molecule has 2 fully saturated rings. The Morgan fingerprint density at radius 2 is 1.76 bits per heavy atom. The van der Waals surface area contributed by atoms with E-state index in [0.29, 0.717) is 23.6 Å². The van der Waals surface area contributed by atoms with Gasteiger partial charge in [-0.2, -0.15) is 0 Å². The molecule has 1 saturated heterocycles. The number of aliphatic imine (C=N–C) groups is 1. The number of amidine groups is 1. The molecule has 204 valence electrons. The molecule has 0 radical (unpaired) electrons. The number of hydrogen-bond donors (Lipinski definition) is 1. The van der Waals surface area contributed by atoms with Crippen molar-refractivity contribution in [2.45, 2.75) is 105 Å². The van der Waals surface area contributed by atoms with Gasteiger partial charge in [-0.25, -0.2) is 9.79 Å².